The number of phenolic OH excluding ortho intramolecular Hbond substituents is 1. The average molecular weight is 936 g/mol. The number of hydrogen-bond acceptors (Lipinski definition) is 16. The van der Waals surface area contributed by atoms with Gasteiger partial charge in [0.2, 0.25) is 41.4 Å². The van der Waals surface area contributed by atoms with Crippen LogP contribution in [-0.4, -0.2) is 164 Å². The molecule has 24 nitrogen and oxygen atoms in total. The maximum Gasteiger partial charge on any atom is 0.326 e. The number of aliphatic carboxylic acids is 2. The normalized spacial score (nSPS) is 14.6. The number of thiol groups is 1. The SMILES string of the molecule is NCCCC[C@H](N)C(=O)N[C@@H](CO)C(=O)N[C@@H](CS)C(=O)N[C@@H](CO)C(=O)N[C@@H](CC(=O)O)C(=O)N[C@@H](CO)C(=O)N[C@@H](Cc1ccccc1)C(=O)N[C@@H](Cc1ccc(O)cc1)C(=O)O. The Bertz CT molecular complexity index is 1930. The number of aliphatic hydroxyl groups excluding tert-OH is 3. The topological polar surface area (TPSA) is 411 Å². The molecule has 0 aromatic heterocycles. The molecule has 0 fully saturated rings. The number of carbonyl (C=O) groups excluding carboxylic acids is 7. The Balaban J connectivity index is 2.18. The van der Waals surface area contributed by atoms with Gasteiger partial charge in [0.15, 0.2) is 0 Å². The van der Waals surface area contributed by atoms with E-state index in [4.69, 9.17) is 11.5 Å². The molecule has 17 N–H and O–H groups in total. The molecule has 358 valence electrons. The van der Waals surface area contributed by atoms with Crippen molar-refractivity contribution in [3.05, 3.63) is 65.7 Å². The fraction of sp³-hybridized carbons (Fsp3) is 0.475. The fourth-order valence-corrected chi connectivity index (χ4v) is 6.10. The van der Waals surface area contributed by atoms with Crippen molar-refractivity contribution in [2.75, 3.05) is 32.1 Å². The van der Waals surface area contributed by atoms with Gasteiger partial charge < -0.3 is 79.3 Å². The number of rotatable bonds is 29. The van der Waals surface area contributed by atoms with Crippen molar-refractivity contribution in [1.29, 1.82) is 0 Å². The Hall–Kier alpha value is -6.38. The average Bonchev–Trinajstić information content (AvgIpc) is 3.27. The molecule has 8 atom stereocenters. The Labute approximate surface area is 378 Å². The Morgan fingerprint density at radius 2 is 0.923 bits per heavy atom. The third-order valence-corrected chi connectivity index (χ3v) is 9.85. The minimum absolute atomic E-state index is 0.0749. The Morgan fingerprint density at radius 1 is 0.523 bits per heavy atom. The number of phenols is 1. The first-order chi connectivity index (χ1) is 30.9. The van der Waals surface area contributed by atoms with Crippen molar-refractivity contribution in [2.24, 2.45) is 11.5 Å². The standard InChI is InChI=1S/C40H57N9O15S/c41-13-5-4-8-24(42)33(56)46-28(17-50)38(61)49-31(20-65)39(62)48-30(19-52)37(60)44-26(16-32(54)55)35(58)47-29(18-51)36(59)43-25(14-21-6-2-1-3-7-21)34(57)45-27(40(63)64)15-22-9-11-23(53)12-10-22/h1-3,6-7,9-12,24-31,50-53,65H,4-5,8,13-20,41-42H2,(H,43,59)(H,44,60)(H,45,57)(H,46,56)(H,47,58)(H,48,62)(H,49,61)(H,54,55)(H,63,64)/t24-,25-,26-,27-,28-,29-,30-,31-/m0/s1. The van der Waals surface area contributed by atoms with E-state index in [1.807, 2.05) is 5.32 Å². The zero-order valence-corrected chi connectivity index (χ0v) is 35.9. The molecule has 0 aliphatic carbocycles. The Morgan fingerprint density at radius 3 is 1.40 bits per heavy atom. The van der Waals surface area contributed by atoms with E-state index in [1.165, 1.54) is 24.3 Å². The van der Waals surface area contributed by atoms with Gasteiger partial charge in [-0.2, -0.15) is 12.6 Å². The van der Waals surface area contributed by atoms with E-state index < -0.39 is 134 Å². The molecule has 0 saturated heterocycles. The van der Waals surface area contributed by atoms with Crippen molar-refractivity contribution < 1.29 is 73.8 Å². The monoisotopic (exact) mass is 935 g/mol. The summed E-state index contributed by atoms with van der Waals surface area (Å²) < 4.78 is 0. The number of carboxylic acid groups (broad SMARTS) is 2. The summed E-state index contributed by atoms with van der Waals surface area (Å²) in [5.41, 5.74) is 12.2. The van der Waals surface area contributed by atoms with Gasteiger partial charge in [0.1, 0.15) is 48.0 Å². The molecule has 25 heteroatoms. The highest BCUT2D eigenvalue weighted by molar-refractivity contribution is 7.80. The highest BCUT2D eigenvalue weighted by atomic mass is 32.1. The number of hydrogen-bond donors (Lipinski definition) is 16. The molecule has 65 heavy (non-hydrogen) atoms. The van der Waals surface area contributed by atoms with Gasteiger partial charge in [-0.15, -0.1) is 0 Å². The van der Waals surface area contributed by atoms with Crippen LogP contribution in [0.3, 0.4) is 0 Å². The van der Waals surface area contributed by atoms with Crippen LogP contribution in [0.25, 0.3) is 0 Å². The van der Waals surface area contributed by atoms with Crippen molar-refractivity contribution in [2.45, 2.75) is 86.9 Å². The predicted octanol–water partition coefficient (Wildman–Crippen LogP) is -5.51. The van der Waals surface area contributed by atoms with Gasteiger partial charge in [0.05, 0.1) is 32.3 Å². The molecule has 0 aliphatic heterocycles. The van der Waals surface area contributed by atoms with Crippen LogP contribution in [0, 0.1) is 0 Å². The van der Waals surface area contributed by atoms with Crippen LogP contribution in [0.2, 0.25) is 0 Å². The van der Waals surface area contributed by atoms with Crippen molar-refractivity contribution in [1.82, 2.24) is 37.2 Å². The molecule has 0 saturated carbocycles. The lowest BCUT2D eigenvalue weighted by Crippen LogP contribution is -2.61. The molecule has 0 aliphatic rings. The zero-order chi connectivity index (χ0) is 48.6. The summed E-state index contributed by atoms with van der Waals surface area (Å²) in [6, 6.07) is 0.773. The quantitative estimate of drug-likeness (QED) is 0.0267. The van der Waals surface area contributed by atoms with Crippen LogP contribution >= 0.6 is 12.6 Å². The van der Waals surface area contributed by atoms with Crippen molar-refractivity contribution in [3.63, 3.8) is 0 Å². The number of aliphatic hydroxyl groups is 3. The van der Waals surface area contributed by atoms with Crippen LogP contribution < -0.4 is 48.7 Å². The number of carbonyl (C=O) groups is 9. The second kappa shape index (κ2) is 28.4. The van der Waals surface area contributed by atoms with Crippen LogP contribution in [-0.2, 0) is 56.0 Å². The first-order valence-electron chi connectivity index (χ1n) is 20.2. The third-order valence-electron chi connectivity index (χ3n) is 9.49. The summed E-state index contributed by atoms with van der Waals surface area (Å²) in [6.45, 7) is -2.79. The minimum Gasteiger partial charge on any atom is -0.508 e. The maximum absolute atomic E-state index is 13.6. The van der Waals surface area contributed by atoms with E-state index in [9.17, 15) is 73.8 Å². The van der Waals surface area contributed by atoms with E-state index in [-0.39, 0.29) is 25.0 Å². The van der Waals surface area contributed by atoms with E-state index in [0.717, 1.165) is 0 Å². The summed E-state index contributed by atoms with van der Waals surface area (Å²) in [6.07, 6.45) is -0.195. The van der Waals surface area contributed by atoms with Crippen LogP contribution in [0.1, 0.15) is 36.8 Å². The summed E-state index contributed by atoms with van der Waals surface area (Å²) >= 11 is 4.02. The molecule has 2 aromatic rings. The number of amides is 7. The molecule has 0 radical (unpaired) electrons. The number of nitrogens with two attached hydrogens (primary N) is 2. The molecule has 0 bridgehead atoms. The van der Waals surface area contributed by atoms with Crippen LogP contribution in [0.4, 0.5) is 0 Å². The third kappa shape index (κ3) is 19.1. The predicted molar refractivity (Wildman–Crippen MR) is 231 cm³/mol. The van der Waals surface area contributed by atoms with Crippen molar-refractivity contribution in [3.8, 4) is 5.75 Å². The van der Waals surface area contributed by atoms with Gasteiger partial charge in [0.25, 0.3) is 0 Å². The summed E-state index contributed by atoms with van der Waals surface area (Å²) in [7, 11) is 0. The number of aromatic hydroxyl groups is 1. The lowest BCUT2D eigenvalue weighted by atomic mass is 10.0. The minimum atomic E-state index is -2.01. The number of benzene rings is 2. The Kier molecular flexibility index (Phi) is 23.9. The molecule has 0 unspecified atom stereocenters. The first-order valence-corrected chi connectivity index (χ1v) is 20.8. The van der Waals surface area contributed by atoms with Crippen molar-refractivity contribution >= 4 is 65.9 Å². The lowest BCUT2D eigenvalue weighted by Gasteiger charge is -2.26. The molecular weight excluding hydrogens is 879 g/mol. The highest BCUT2D eigenvalue weighted by Gasteiger charge is 2.35. The largest absolute Gasteiger partial charge is 0.508 e. The summed E-state index contributed by atoms with van der Waals surface area (Å²) in [5.74, 6) is -11.3. The van der Waals surface area contributed by atoms with Gasteiger partial charge in [0, 0.05) is 18.6 Å². The van der Waals surface area contributed by atoms with E-state index in [1.54, 1.807) is 30.3 Å². The molecular formula is C40H57N9O15S. The smallest absolute Gasteiger partial charge is 0.326 e. The van der Waals surface area contributed by atoms with Gasteiger partial charge in [-0.1, -0.05) is 48.9 Å². The number of unbranched alkanes of at least 4 members (excludes halogenated alkanes) is 1. The zero-order valence-electron chi connectivity index (χ0n) is 35.1. The summed E-state index contributed by atoms with van der Waals surface area (Å²) in [4.78, 5) is 116. The van der Waals surface area contributed by atoms with Gasteiger partial charge in [-0.05, 0) is 42.6 Å². The molecule has 0 spiro atoms. The molecule has 2 rings (SSSR count). The first kappa shape index (κ1) is 54.8. The van der Waals surface area contributed by atoms with E-state index >= 15 is 0 Å². The second-order valence-corrected chi connectivity index (χ2v) is 14.9. The molecule has 2 aromatic carbocycles. The van der Waals surface area contributed by atoms with Crippen LogP contribution in [0.15, 0.2) is 54.6 Å². The van der Waals surface area contributed by atoms with Gasteiger partial charge >= 0.3 is 11.9 Å². The number of nitrogens with one attached hydrogen (secondary N) is 7. The van der Waals surface area contributed by atoms with E-state index in [2.05, 4.69) is 44.5 Å². The van der Waals surface area contributed by atoms with E-state index in [0.29, 0.717) is 30.5 Å². The molecule has 7 amide bonds. The van der Waals surface area contributed by atoms with Crippen LogP contribution in [0.5, 0.6) is 5.75 Å². The second-order valence-electron chi connectivity index (χ2n) is 14.5. The lowest BCUT2D eigenvalue weighted by molar-refractivity contribution is -0.142. The summed E-state index contributed by atoms with van der Waals surface area (Å²) in [5, 5.41) is 74.2. The number of carboxylic acids is 2. The molecule has 0 heterocycles. The fourth-order valence-electron chi connectivity index (χ4n) is 5.84. The highest BCUT2D eigenvalue weighted by Crippen LogP contribution is 2.12. The maximum atomic E-state index is 13.6. The van der Waals surface area contributed by atoms with Gasteiger partial charge in [-0.3, -0.25) is 38.4 Å². The van der Waals surface area contributed by atoms with Gasteiger partial charge in [-0.25, -0.2) is 4.79 Å².